The zero-order valence-corrected chi connectivity index (χ0v) is 13.5. The van der Waals surface area contributed by atoms with Crippen LogP contribution in [0, 0.1) is 16.0 Å². The molecule has 2 aliphatic rings. The van der Waals surface area contributed by atoms with Crippen LogP contribution in [0.4, 0.5) is 11.4 Å². The molecule has 1 saturated heterocycles. The first-order chi connectivity index (χ1) is 10.1. The van der Waals surface area contributed by atoms with Crippen molar-refractivity contribution in [3.8, 4) is 0 Å². The number of piperidine rings is 1. The van der Waals surface area contributed by atoms with Gasteiger partial charge in [0.15, 0.2) is 0 Å². The molecule has 0 unspecified atom stereocenters. The molecule has 0 bridgehead atoms. The Morgan fingerprint density at radius 1 is 1.29 bits per heavy atom. The Balaban J connectivity index is 1.57. The fraction of sp³-hybridized carbons (Fsp3) is 0.600. The fourth-order valence-corrected chi connectivity index (χ4v) is 3.46. The molecule has 1 heterocycles. The van der Waals surface area contributed by atoms with Gasteiger partial charge >= 0.3 is 0 Å². The van der Waals surface area contributed by atoms with Crippen LogP contribution in [0.1, 0.15) is 25.7 Å². The van der Waals surface area contributed by atoms with Crippen molar-refractivity contribution in [3.05, 3.63) is 32.8 Å². The summed E-state index contributed by atoms with van der Waals surface area (Å²) in [5.74, 6) is 0.923. The molecule has 1 aromatic carbocycles. The summed E-state index contributed by atoms with van der Waals surface area (Å²) in [7, 11) is 0. The first-order valence-electron chi connectivity index (χ1n) is 7.56. The van der Waals surface area contributed by atoms with Crippen molar-refractivity contribution >= 4 is 27.3 Å². The molecule has 1 aliphatic heterocycles. The van der Waals surface area contributed by atoms with E-state index < -0.39 is 0 Å². The lowest BCUT2D eigenvalue weighted by atomic mass is 10.0. The first kappa shape index (κ1) is 14.8. The van der Waals surface area contributed by atoms with Crippen LogP contribution >= 0.6 is 15.9 Å². The van der Waals surface area contributed by atoms with E-state index in [0.717, 1.165) is 42.0 Å². The van der Waals surface area contributed by atoms with Crippen molar-refractivity contribution in [3.63, 3.8) is 0 Å². The Labute approximate surface area is 133 Å². The number of benzene rings is 1. The van der Waals surface area contributed by atoms with Crippen LogP contribution in [0.25, 0.3) is 0 Å². The van der Waals surface area contributed by atoms with Gasteiger partial charge < -0.3 is 10.2 Å². The summed E-state index contributed by atoms with van der Waals surface area (Å²) in [6.45, 7) is 3.17. The molecule has 0 amide bonds. The van der Waals surface area contributed by atoms with Crippen molar-refractivity contribution in [1.29, 1.82) is 0 Å². The number of nitro benzene ring substituents is 1. The standard InChI is InChI=1S/C15H20BrN3O2/c16-14-9-13(19(20)21)3-4-15(14)18-7-5-12(6-8-18)17-10-11-1-2-11/h3-4,9,11-12,17H,1-2,5-8,10H2. The third-order valence-electron chi connectivity index (χ3n) is 4.37. The number of halogens is 1. The average Bonchev–Trinajstić information content (AvgIpc) is 3.30. The zero-order valence-electron chi connectivity index (χ0n) is 11.9. The van der Waals surface area contributed by atoms with E-state index >= 15 is 0 Å². The molecule has 0 atom stereocenters. The monoisotopic (exact) mass is 353 g/mol. The van der Waals surface area contributed by atoms with E-state index in [1.807, 2.05) is 6.07 Å². The number of anilines is 1. The van der Waals surface area contributed by atoms with Gasteiger partial charge in [-0.1, -0.05) is 0 Å². The summed E-state index contributed by atoms with van der Waals surface area (Å²) < 4.78 is 0.807. The molecule has 1 N–H and O–H groups in total. The fourth-order valence-electron chi connectivity index (χ4n) is 2.85. The molecular weight excluding hydrogens is 334 g/mol. The molecule has 2 fully saturated rings. The number of nitrogens with one attached hydrogen (secondary N) is 1. The van der Waals surface area contributed by atoms with E-state index in [-0.39, 0.29) is 10.6 Å². The molecule has 0 spiro atoms. The van der Waals surface area contributed by atoms with E-state index in [2.05, 4.69) is 26.1 Å². The van der Waals surface area contributed by atoms with E-state index in [1.165, 1.54) is 19.4 Å². The van der Waals surface area contributed by atoms with Gasteiger partial charge in [-0.05, 0) is 60.1 Å². The summed E-state index contributed by atoms with van der Waals surface area (Å²) in [6, 6.07) is 5.64. The Hall–Kier alpha value is -1.14. The second-order valence-electron chi connectivity index (χ2n) is 6.01. The van der Waals surface area contributed by atoms with Crippen LogP contribution in [0.15, 0.2) is 22.7 Å². The highest BCUT2D eigenvalue weighted by Crippen LogP contribution is 2.32. The number of nitro groups is 1. The Morgan fingerprint density at radius 2 is 2.00 bits per heavy atom. The third kappa shape index (κ3) is 3.74. The molecule has 0 aromatic heterocycles. The van der Waals surface area contributed by atoms with E-state index in [1.54, 1.807) is 12.1 Å². The quantitative estimate of drug-likeness (QED) is 0.651. The lowest BCUT2D eigenvalue weighted by molar-refractivity contribution is -0.384. The molecule has 1 aromatic rings. The summed E-state index contributed by atoms with van der Waals surface area (Å²) >= 11 is 3.46. The van der Waals surface area contributed by atoms with E-state index in [0.29, 0.717) is 6.04 Å². The average molecular weight is 354 g/mol. The number of non-ortho nitro benzene ring substituents is 1. The highest BCUT2D eigenvalue weighted by molar-refractivity contribution is 9.10. The van der Waals surface area contributed by atoms with Crippen molar-refractivity contribution < 1.29 is 4.92 Å². The third-order valence-corrected chi connectivity index (χ3v) is 5.01. The summed E-state index contributed by atoms with van der Waals surface area (Å²) in [5, 5.41) is 14.4. The zero-order chi connectivity index (χ0) is 14.8. The first-order valence-corrected chi connectivity index (χ1v) is 8.35. The minimum atomic E-state index is -0.359. The predicted octanol–water partition coefficient (Wildman–Crippen LogP) is 3.33. The summed E-state index contributed by atoms with van der Waals surface area (Å²) in [5.41, 5.74) is 1.19. The highest BCUT2D eigenvalue weighted by atomic mass is 79.9. The Bertz CT molecular complexity index is 526. The number of hydrogen-bond donors (Lipinski definition) is 1. The normalized spacial score (nSPS) is 19.8. The Kier molecular flexibility index (Phi) is 4.45. The molecule has 114 valence electrons. The molecule has 6 heteroatoms. The molecule has 1 saturated carbocycles. The topological polar surface area (TPSA) is 58.4 Å². The lowest BCUT2D eigenvalue weighted by Crippen LogP contribution is -2.43. The molecule has 1 aliphatic carbocycles. The molecule has 5 nitrogen and oxygen atoms in total. The van der Waals surface area contributed by atoms with Crippen molar-refractivity contribution in [2.45, 2.75) is 31.7 Å². The van der Waals surface area contributed by atoms with Crippen LogP contribution in [0.2, 0.25) is 0 Å². The van der Waals surface area contributed by atoms with Gasteiger partial charge in [0.1, 0.15) is 0 Å². The second kappa shape index (κ2) is 6.32. The van der Waals surface area contributed by atoms with Crippen LogP contribution in [-0.2, 0) is 0 Å². The number of rotatable bonds is 5. The maximum atomic E-state index is 10.8. The van der Waals surface area contributed by atoms with Crippen LogP contribution in [-0.4, -0.2) is 30.6 Å². The van der Waals surface area contributed by atoms with E-state index in [9.17, 15) is 10.1 Å². The molecule has 3 rings (SSSR count). The van der Waals surface area contributed by atoms with Crippen LogP contribution in [0.3, 0.4) is 0 Å². The smallest absolute Gasteiger partial charge is 0.270 e. The summed E-state index contributed by atoms with van der Waals surface area (Å²) in [4.78, 5) is 12.7. The van der Waals surface area contributed by atoms with Crippen LogP contribution in [0.5, 0.6) is 0 Å². The molecule has 21 heavy (non-hydrogen) atoms. The van der Waals surface area contributed by atoms with Gasteiger partial charge in [0.05, 0.1) is 10.6 Å². The van der Waals surface area contributed by atoms with E-state index in [4.69, 9.17) is 0 Å². The van der Waals surface area contributed by atoms with Gasteiger partial charge in [-0.2, -0.15) is 0 Å². The highest BCUT2D eigenvalue weighted by Gasteiger charge is 2.25. The number of nitrogens with zero attached hydrogens (tertiary/aromatic N) is 2. The van der Waals surface area contributed by atoms with Gasteiger partial charge in [0.25, 0.3) is 5.69 Å². The lowest BCUT2D eigenvalue weighted by Gasteiger charge is -2.34. The largest absolute Gasteiger partial charge is 0.370 e. The molecule has 0 radical (unpaired) electrons. The van der Waals surface area contributed by atoms with Gasteiger partial charge in [0, 0.05) is 35.7 Å². The molecular formula is C15H20BrN3O2. The SMILES string of the molecule is O=[N+]([O-])c1ccc(N2CCC(NCC3CC3)CC2)c(Br)c1. The number of hydrogen-bond acceptors (Lipinski definition) is 4. The van der Waals surface area contributed by atoms with Gasteiger partial charge in [-0.25, -0.2) is 0 Å². The van der Waals surface area contributed by atoms with Gasteiger partial charge in [-0.15, -0.1) is 0 Å². The Morgan fingerprint density at radius 3 is 2.57 bits per heavy atom. The van der Waals surface area contributed by atoms with Crippen molar-refractivity contribution in [1.82, 2.24) is 5.32 Å². The van der Waals surface area contributed by atoms with Crippen molar-refractivity contribution in [2.24, 2.45) is 5.92 Å². The predicted molar refractivity (Wildman–Crippen MR) is 86.8 cm³/mol. The minimum absolute atomic E-state index is 0.131. The van der Waals surface area contributed by atoms with Gasteiger partial charge in [0.2, 0.25) is 0 Å². The maximum absolute atomic E-state index is 10.8. The van der Waals surface area contributed by atoms with Gasteiger partial charge in [-0.3, -0.25) is 10.1 Å². The second-order valence-corrected chi connectivity index (χ2v) is 6.86. The minimum Gasteiger partial charge on any atom is -0.370 e. The maximum Gasteiger partial charge on any atom is 0.270 e. The van der Waals surface area contributed by atoms with Crippen molar-refractivity contribution in [2.75, 3.05) is 24.5 Å². The van der Waals surface area contributed by atoms with Crippen LogP contribution < -0.4 is 10.2 Å². The summed E-state index contributed by atoms with van der Waals surface area (Å²) in [6.07, 6.45) is 5.05.